The normalized spacial score (nSPS) is 19.3. The highest BCUT2D eigenvalue weighted by Gasteiger charge is 2.43. The summed E-state index contributed by atoms with van der Waals surface area (Å²) in [6.07, 6.45) is -3.60. The van der Waals surface area contributed by atoms with Crippen molar-refractivity contribution in [2.24, 2.45) is 0 Å². The smallest absolute Gasteiger partial charge is 0.430 e. The summed E-state index contributed by atoms with van der Waals surface area (Å²) in [6.45, 7) is 4.27. The van der Waals surface area contributed by atoms with Gasteiger partial charge in [0.1, 0.15) is 18.1 Å². The number of benzene rings is 1. The molecule has 0 saturated carbocycles. The lowest BCUT2D eigenvalue weighted by atomic mass is 9.97. The number of hydrogen-bond acceptors (Lipinski definition) is 6. The molecule has 0 aromatic heterocycles. The molecule has 2 amide bonds. The molecular weight excluding hydrogens is 475 g/mol. The largest absolute Gasteiger partial charge is 0.542 e. The number of halogens is 3. The van der Waals surface area contributed by atoms with Gasteiger partial charge in [-0.25, -0.2) is 4.79 Å². The fraction of sp³-hybridized carbons (Fsp3) is 0.455. The van der Waals surface area contributed by atoms with E-state index in [0.717, 1.165) is 12.0 Å². The van der Waals surface area contributed by atoms with E-state index in [1.165, 1.54) is 13.0 Å². The van der Waals surface area contributed by atoms with Gasteiger partial charge in [-0.2, -0.15) is 13.2 Å². The standard InChI is InChI=1S/C20H27N3O5.C2HF3O2/c1-3-10-23(11-9-14-7-5-4-6-8-14)19(25)18-17(22-13(2)24)15(21)12-16(28-18)20(26)27;3-2(4,5)1(6)7/h4-8,12,15,17-18H,3,9-11,21H2,1-2H3,(H,22,24)(H,26,27);(H,6,7)/t15-,17+,18+;/m0./s1. The topological polar surface area (TPSA) is 164 Å². The van der Waals surface area contributed by atoms with Crippen molar-refractivity contribution >= 4 is 23.8 Å². The summed E-state index contributed by atoms with van der Waals surface area (Å²) >= 11 is 0. The van der Waals surface area contributed by atoms with Gasteiger partial charge >= 0.3 is 12.1 Å². The second kappa shape index (κ2) is 13.3. The van der Waals surface area contributed by atoms with E-state index >= 15 is 0 Å². The number of quaternary nitrogens is 1. The molecule has 0 unspecified atom stereocenters. The van der Waals surface area contributed by atoms with Crippen molar-refractivity contribution in [3.8, 4) is 0 Å². The second-order valence-electron chi connectivity index (χ2n) is 7.61. The number of aliphatic carboxylic acids is 2. The van der Waals surface area contributed by atoms with Gasteiger partial charge in [-0.05, 0) is 18.4 Å². The molecule has 13 heteroatoms. The van der Waals surface area contributed by atoms with E-state index in [0.29, 0.717) is 19.5 Å². The van der Waals surface area contributed by atoms with Crippen LogP contribution in [0.1, 0.15) is 25.8 Å². The maximum Gasteiger partial charge on any atom is 0.430 e. The maximum atomic E-state index is 13.2. The number of ether oxygens (including phenoxy) is 1. The molecule has 3 atom stereocenters. The minimum atomic E-state index is -5.19. The molecule has 35 heavy (non-hydrogen) atoms. The number of nitrogens with zero attached hydrogens (tertiary/aromatic N) is 1. The minimum absolute atomic E-state index is 0.320. The van der Waals surface area contributed by atoms with E-state index in [-0.39, 0.29) is 17.6 Å². The number of nitrogens with one attached hydrogen (secondary N) is 1. The Labute approximate surface area is 199 Å². The van der Waals surface area contributed by atoms with Crippen LogP contribution in [0.3, 0.4) is 0 Å². The van der Waals surface area contributed by atoms with Gasteiger partial charge in [0.15, 0.2) is 0 Å². The van der Waals surface area contributed by atoms with Gasteiger partial charge in [-0.1, -0.05) is 37.3 Å². The summed E-state index contributed by atoms with van der Waals surface area (Å²) in [6, 6.07) is 8.46. The second-order valence-corrected chi connectivity index (χ2v) is 7.61. The highest BCUT2D eigenvalue weighted by Crippen LogP contribution is 2.20. The minimum Gasteiger partial charge on any atom is -0.542 e. The zero-order valence-corrected chi connectivity index (χ0v) is 19.2. The number of hydrogen-bond donors (Lipinski definition) is 3. The Morgan fingerprint density at radius 1 is 1.17 bits per heavy atom. The maximum absolute atomic E-state index is 13.2. The first kappa shape index (κ1) is 29.4. The van der Waals surface area contributed by atoms with E-state index < -0.39 is 36.3 Å². The highest BCUT2D eigenvalue weighted by molar-refractivity contribution is 5.88. The summed E-state index contributed by atoms with van der Waals surface area (Å²) in [5.74, 6) is -5.28. The fourth-order valence-corrected chi connectivity index (χ4v) is 3.21. The van der Waals surface area contributed by atoms with Crippen LogP contribution in [0.25, 0.3) is 0 Å². The molecule has 1 heterocycles. The van der Waals surface area contributed by atoms with Gasteiger partial charge in [-0.15, -0.1) is 0 Å². The Hall–Kier alpha value is -3.61. The number of carbonyl (C=O) groups excluding carboxylic acids is 3. The van der Waals surface area contributed by atoms with Crippen LogP contribution >= 0.6 is 0 Å². The lowest BCUT2D eigenvalue weighted by Crippen LogP contribution is -2.74. The first-order valence-corrected chi connectivity index (χ1v) is 10.6. The highest BCUT2D eigenvalue weighted by atomic mass is 19.4. The number of carboxylic acids is 2. The number of carbonyl (C=O) groups is 4. The molecule has 1 aromatic rings. The predicted molar refractivity (Wildman–Crippen MR) is 113 cm³/mol. The Bertz CT molecular complexity index is 923. The Morgan fingerprint density at radius 2 is 1.74 bits per heavy atom. The van der Waals surface area contributed by atoms with Crippen LogP contribution < -0.4 is 16.2 Å². The quantitative estimate of drug-likeness (QED) is 0.420. The summed E-state index contributed by atoms with van der Waals surface area (Å²) < 4.78 is 37.0. The number of amides is 2. The van der Waals surface area contributed by atoms with Crippen molar-refractivity contribution in [1.82, 2.24) is 10.2 Å². The van der Waals surface area contributed by atoms with E-state index in [9.17, 15) is 32.7 Å². The molecule has 0 bridgehead atoms. The number of alkyl halides is 3. The fourth-order valence-electron chi connectivity index (χ4n) is 3.21. The van der Waals surface area contributed by atoms with Crippen LogP contribution in [0.2, 0.25) is 0 Å². The lowest BCUT2D eigenvalue weighted by molar-refractivity contribution is -0.414. The Kier molecular flexibility index (Phi) is 11.2. The molecule has 1 aliphatic rings. The van der Waals surface area contributed by atoms with Crippen molar-refractivity contribution in [3.63, 3.8) is 0 Å². The molecule has 0 saturated heterocycles. The first-order chi connectivity index (χ1) is 16.3. The zero-order valence-electron chi connectivity index (χ0n) is 19.2. The average Bonchev–Trinajstić information content (AvgIpc) is 2.77. The van der Waals surface area contributed by atoms with E-state index in [2.05, 4.69) is 11.1 Å². The predicted octanol–water partition coefficient (Wildman–Crippen LogP) is -0.751. The molecule has 0 aliphatic carbocycles. The summed E-state index contributed by atoms with van der Waals surface area (Å²) in [5.41, 5.74) is 4.99. The third-order valence-corrected chi connectivity index (χ3v) is 4.78. The van der Waals surface area contributed by atoms with Gasteiger partial charge < -0.3 is 35.7 Å². The van der Waals surface area contributed by atoms with Crippen molar-refractivity contribution in [2.45, 2.75) is 51.1 Å². The SMILES string of the molecule is CCCN(CCc1ccccc1)C(=O)[C@@H]1OC(C(=O)O)=C[C@H]([NH3+])[C@H]1NC(C)=O.O=C([O-])C(F)(F)F. The molecule has 10 nitrogen and oxygen atoms in total. The van der Waals surface area contributed by atoms with Crippen molar-refractivity contribution < 1.29 is 53.0 Å². The lowest BCUT2D eigenvalue weighted by Gasteiger charge is -2.35. The number of carboxylic acid groups (broad SMARTS) is 2. The zero-order chi connectivity index (χ0) is 26.8. The van der Waals surface area contributed by atoms with Crippen molar-refractivity contribution in [3.05, 3.63) is 47.7 Å². The molecule has 0 spiro atoms. The third kappa shape index (κ3) is 9.65. The molecule has 1 aliphatic heterocycles. The van der Waals surface area contributed by atoms with Crippen LogP contribution in [0.15, 0.2) is 42.2 Å². The molecule has 5 N–H and O–H groups in total. The van der Waals surface area contributed by atoms with Gasteiger partial charge in [0.2, 0.25) is 17.8 Å². The molecule has 1 aromatic carbocycles. The Morgan fingerprint density at radius 3 is 2.20 bits per heavy atom. The monoisotopic (exact) mass is 503 g/mol. The van der Waals surface area contributed by atoms with Gasteiger partial charge in [0.05, 0.1) is 0 Å². The van der Waals surface area contributed by atoms with Crippen LogP contribution in [-0.2, 0) is 30.3 Å². The van der Waals surface area contributed by atoms with E-state index in [1.807, 2.05) is 37.3 Å². The number of rotatable bonds is 8. The summed E-state index contributed by atoms with van der Waals surface area (Å²) in [7, 11) is 0. The molecule has 194 valence electrons. The average molecular weight is 503 g/mol. The van der Waals surface area contributed by atoms with Crippen LogP contribution in [0.4, 0.5) is 13.2 Å². The summed E-state index contributed by atoms with van der Waals surface area (Å²) in [5, 5.41) is 20.8. The first-order valence-electron chi connectivity index (χ1n) is 10.6. The third-order valence-electron chi connectivity index (χ3n) is 4.78. The van der Waals surface area contributed by atoms with E-state index in [1.54, 1.807) is 4.90 Å². The van der Waals surface area contributed by atoms with Crippen molar-refractivity contribution in [1.29, 1.82) is 0 Å². The van der Waals surface area contributed by atoms with Gasteiger partial charge in [0, 0.05) is 26.1 Å². The molecule has 0 fully saturated rings. The van der Waals surface area contributed by atoms with E-state index in [4.69, 9.17) is 14.6 Å². The van der Waals surface area contributed by atoms with Crippen molar-refractivity contribution in [2.75, 3.05) is 13.1 Å². The van der Waals surface area contributed by atoms with Crippen LogP contribution in [-0.4, -0.2) is 71.2 Å². The Balaban J connectivity index is 0.000000762. The molecule has 0 radical (unpaired) electrons. The van der Waals surface area contributed by atoms with Gasteiger partial charge in [0.25, 0.3) is 5.91 Å². The van der Waals surface area contributed by atoms with Gasteiger partial charge in [-0.3, -0.25) is 9.59 Å². The molecule has 2 rings (SSSR count). The van der Waals surface area contributed by atoms with Crippen LogP contribution in [0.5, 0.6) is 0 Å². The van der Waals surface area contributed by atoms with Crippen LogP contribution in [0, 0.1) is 0 Å². The summed E-state index contributed by atoms with van der Waals surface area (Å²) in [4.78, 5) is 46.6. The molecular formula is C22H28F3N3O7.